The zero-order chi connectivity index (χ0) is 13.2. The number of hydrogen-bond acceptors (Lipinski definition) is 6. The quantitative estimate of drug-likeness (QED) is 0.463. The third kappa shape index (κ3) is 2.57. The van der Waals surface area contributed by atoms with Crippen molar-refractivity contribution in [3.8, 4) is 5.75 Å². The van der Waals surface area contributed by atoms with Crippen LogP contribution in [0.4, 0.5) is 5.69 Å². The Hall–Kier alpha value is -2.00. The van der Waals surface area contributed by atoms with Gasteiger partial charge in [0.25, 0.3) is 5.69 Å². The summed E-state index contributed by atoms with van der Waals surface area (Å²) in [5.41, 5.74) is -0.878. The molecule has 0 aliphatic rings. The number of nitro benzene ring substituents is 1. The molecule has 0 saturated heterocycles. The predicted octanol–water partition coefficient (Wildman–Crippen LogP) is 0.0633. The van der Waals surface area contributed by atoms with Crippen molar-refractivity contribution in [2.24, 2.45) is 5.14 Å². The van der Waals surface area contributed by atoms with Gasteiger partial charge >= 0.3 is 0 Å². The Kier molecular flexibility index (Phi) is 3.44. The van der Waals surface area contributed by atoms with Gasteiger partial charge in [0.1, 0.15) is 5.75 Å². The average molecular weight is 260 g/mol. The number of sulfonamides is 1. The predicted molar refractivity (Wildman–Crippen MR) is 56.4 cm³/mol. The Bertz CT molecular complexity index is 580. The number of nitrogens with two attached hydrogens (primary N) is 1. The lowest BCUT2D eigenvalue weighted by molar-refractivity contribution is -0.387. The van der Waals surface area contributed by atoms with Gasteiger partial charge in [0, 0.05) is 0 Å². The number of hydrogen-bond donors (Lipinski definition) is 1. The lowest BCUT2D eigenvalue weighted by Crippen LogP contribution is -2.15. The topological polar surface area (TPSA) is 130 Å². The zero-order valence-corrected chi connectivity index (χ0v) is 9.43. The summed E-state index contributed by atoms with van der Waals surface area (Å²) in [5, 5.41) is 15.5. The third-order valence-electron chi connectivity index (χ3n) is 1.94. The van der Waals surface area contributed by atoms with Gasteiger partial charge in [0.2, 0.25) is 10.0 Å². The molecule has 0 bridgehead atoms. The number of carbonyl (C=O) groups is 1. The number of primary sulfonamides is 1. The second-order valence-electron chi connectivity index (χ2n) is 2.98. The van der Waals surface area contributed by atoms with Crippen LogP contribution in [0.25, 0.3) is 0 Å². The molecule has 0 spiro atoms. The minimum Gasteiger partial charge on any atom is -0.496 e. The molecule has 0 amide bonds. The maximum Gasteiger partial charge on any atom is 0.293 e. The fourth-order valence-corrected chi connectivity index (χ4v) is 1.92. The van der Waals surface area contributed by atoms with E-state index < -0.39 is 25.5 Å². The number of nitrogens with zero attached hydrogens (tertiary/aromatic N) is 1. The van der Waals surface area contributed by atoms with Crippen molar-refractivity contribution in [1.29, 1.82) is 0 Å². The van der Waals surface area contributed by atoms with Crippen LogP contribution in [0, 0.1) is 10.1 Å². The van der Waals surface area contributed by atoms with Gasteiger partial charge in [0.05, 0.1) is 23.7 Å². The molecule has 92 valence electrons. The molecule has 0 radical (unpaired) electrons. The SMILES string of the molecule is COc1cc([N+](=O)[O-])c(S(N)(=O)=O)cc1C=O. The summed E-state index contributed by atoms with van der Waals surface area (Å²) in [6.07, 6.45) is 0.317. The van der Waals surface area contributed by atoms with E-state index in [4.69, 9.17) is 9.88 Å². The highest BCUT2D eigenvalue weighted by Crippen LogP contribution is 2.30. The van der Waals surface area contributed by atoms with Crippen molar-refractivity contribution < 1.29 is 22.9 Å². The summed E-state index contributed by atoms with van der Waals surface area (Å²) < 4.78 is 27.0. The van der Waals surface area contributed by atoms with Crippen LogP contribution in [-0.4, -0.2) is 26.7 Å². The summed E-state index contributed by atoms with van der Waals surface area (Å²) in [7, 11) is -3.10. The van der Waals surface area contributed by atoms with Crippen molar-refractivity contribution in [1.82, 2.24) is 0 Å². The van der Waals surface area contributed by atoms with Gasteiger partial charge in [-0.25, -0.2) is 13.6 Å². The standard InChI is InChI=1S/C8H8N2O6S/c1-16-7-3-6(10(12)13)8(17(9,14)15)2-5(7)4-11/h2-4H,1H3,(H2,9,14,15). The van der Waals surface area contributed by atoms with Crippen LogP contribution in [0.2, 0.25) is 0 Å². The van der Waals surface area contributed by atoms with Crippen LogP contribution < -0.4 is 9.88 Å². The van der Waals surface area contributed by atoms with Crippen LogP contribution in [0.15, 0.2) is 17.0 Å². The summed E-state index contributed by atoms with van der Waals surface area (Å²) in [5.74, 6) is -0.0981. The Balaban J connectivity index is 3.69. The summed E-state index contributed by atoms with van der Waals surface area (Å²) in [6.45, 7) is 0. The average Bonchev–Trinajstić information content (AvgIpc) is 2.25. The molecule has 0 heterocycles. The van der Waals surface area contributed by atoms with E-state index in [-0.39, 0.29) is 11.3 Å². The molecule has 1 aromatic rings. The Morgan fingerprint density at radius 1 is 1.47 bits per heavy atom. The van der Waals surface area contributed by atoms with Crippen molar-refractivity contribution in [3.63, 3.8) is 0 Å². The van der Waals surface area contributed by atoms with E-state index in [0.29, 0.717) is 6.29 Å². The van der Waals surface area contributed by atoms with E-state index in [1.54, 1.807) is 0 Å². The van der Waals surface area contributed by atoms with Crippen LogP contribution >= 0.6 is 0 Å². The number of carbonyl (C=O) groups excluding carboxylic acids is 1. The molecule has 9 heteroatoms. The van der Waals surface area contributed by atoms with Crippen LogP contribution in [0.1, 0.15) is 10.4 Å². The van der Waals surface area contributed by atoms with Crippen LogP contribution in [-0.2, 0) is 10.0 Å². The monoisotopic (exact) mass is 260 g/mol. The number of rotatable bonds is 4. The molecule has 0 atom stereocenters. The first-order valence-electron chi connectivity index (χ1n) is 4.15. The molecular formula is C8H8N2O6S. The van der Waals surface area contributed by atoms with E-state index in [1.165, 1.54) is 7.11 Å². The van der Waals surface area contributed by atoms with E-state index in [2.05, 4.69) is 0 Å². The fourth-order valence-electron chi connectivity index (χ4n) is 1.20. The number of ether oxygens (including phenoxy) is 1. The molecule has 0 aromatic heterocycles. The molecule has 17 heavy (non-hydrogen) atoms. The lowest BCUT2D eigenvalue weighted by atomic mass is 10.2. The maximum atomic E-state index is 11.1. The van der Waals surface area contributed by atoms with Gasteiger partial charge < -0.3 is 4.74 Å². The van der Waals surface area contributed by atoms with Gasteiger partial charge in [-0.3, -0.25) is 14.9 Å². The van der Waals surface area contributed by atoms with Gasteiger partial charge in [0.15, 0.2) is 11.2 Å². The maximum absolute atomic E-state index is 11.1. The first kappa shape index (κ1) is 13.1. The molecule has 2 N–H and O–H groups in total. The highest BCUT2D eigenvalue weighted by Gasteiger charge is 2.25. The minimum atomic E-state index is -4.29. The molecular weight excluding hydrogens is 252 g/mol. The van der Waals surface area contributed by atoms with E-state index in [0.717, 1.165) is 12.1 Å². The summed E-state index contributed by atoms with van der Waals surface area (Å²) in [6, 6.07) is 1.64. The van der Waals surface area contributed by atoms with Gasteiger partial charge in [-0.2, -0.15) is 0 Å². The molecule has 1 rings (SSSR count). The molecule has 1 aromatic carbocycles. The first-order chi connectivity index (χ1) is 7.81. The van der Waals surface area contributed by atoms with E-state index in [1.807, 2.05) is 0 Å². The Labute approximate surface area is 96.2 Å². The lowest BCUT2D eigenvalue weighted by Gasteiger charge is -2.06. The van der Waals surface area contributed by atoms with Crippen molar-refractivity contribution in [3.05, 3.63) is 27.8 Å². The highest BCUT2D eigenvalue weighted by molar-refractivity contribution is 7.89. The molecule has 0 aliphatic heterocycles. The van der Waals surface area contributed by atoms with Gasteiger partial charge in [-0.05, 0) is 6.07 Å². The summed E-state index contributed by atoms with van der Waals surface area (Å²) in [4.78, 5) is 19.7. The number of methoxy groups -OCH3 is 1. The molecule has 8 nitrogen and oxygen atoms in total. The number of nitro groups is 1. The largest absolute Gasteiger partial charge is 0.496 e. The van der Waals surface area contributed by atoms with E-state index in [9.17, 15) is 23.3 Å². The third-order valence-corrected chi connectivity index (χ3v) is 2.88. The van der Waals surface area contributed by atoms with Gasteiger partial charge in [-0.1, -0.05) is 0 Å². The van der Waals surface area contributed by atoms with E-state index >= 15 is 0 Å². The molecule has 0 aliphatic carbocycles. The second-order valence-corrected chi connectivity index (χ2v) is 4.51. The van der Waals surface area contributed by atoms with Crippen molar-refractivity contribution in [2.75, 3.05) is 7.11 Å². The number of aldehydes is 1. The fraction of sp³-hybridized carbons (Fsp3) is 0.125. The van der Waals surface area contributed by atoms with Crippen molar-refractivity contribution in [2.45, 2.75) is 4.90 Å². The highest BCUT2D eigenvalue weighted by atomic mass is 32.2. The summed E-state index contributed by atoms with van der Waals surface area (Å²) >= 11 is 0. The van der Waals surface area contributed by atoms with Crippen LogP contribution in [0.3, 0.4) is 0 Å². The Morgan fingerprint density at radius 2 is 2.06 bits per heavy atom. The van der Waals surface area contributed by atoms with Crippen molar-refractivity contribution >= 4 is 22.0 Å². The molecule has 0 fully saturated rings. The van der Waals surface area contributed by atoms with Crippen LogP contribution in [0.5, 0.6) is 5.75 Å². The number of benzene rings is 1. The Morgan fingerprint density at radius 3 is 2.41 bits per heavy atom. The minimum absolute atomic E-state index is 0.0981. The first-order valence-corrected chi connectivity index (χ1v) is 5.70. The smallest absolute Gasteiger partial charge is 0.293 e. The zero-order valence-electron chi connectivity index (χ0n) is 8.61. The normalized spacial score (nSPS) is 10.9. The second kappa shape index (κ2) is 4.47. The molecule has 0 unspecified atom stereocenters. The van der Waals surface area contributed by atoms with Gasteiger partial charge in [-0.15, -0.1) is 0 Å². The molecule has 0 saturated carbocycles.